The van der Waals surface area contributed by atoms with Crippen molar-refractivity contribution in [1.29, 1.82) is 0 Å². The molecule has 0 aliphatic rings. The molecular formula is C21H29N6O5P. The summed E-state index contributed by atoms with van der Waals surface area (Å²) in [6.07, 6.45) is 2.71. The molecule has 3 aromatic rings. The van der Waals surface area contributed by atoms with Crippen molar-refractivity contribution in [3.05, 3.63) is 43.0 Å². The smallest absolute Gasteiger partial charge is 0.342 e. The first-order chi connectivity index (χ1) is 15.8. The molecular weight excluding hydrogens is 447 g/mol. The van der Waals surface area contributed by atoms with Crippen LogP contribution in [0.5, 0.6) is 5.75 Å². The summed E-state index contributed by atoms with van der Waals surface area (Å²) < 4.78 is 32.3. The van der Waals surface area contributed by atoms with Crippen LogP contribution in [-0.4, -0.2) is 50.6 Å². The molecule has 3 rings (SSSR count). The number of hydrogen-bond acceptors (Lipinski definition) is 9. The molecule has 3 N–H and O–H groups in total. The van der Waals surface area contributed by atoms with Gasteiger partial charge in [0.25, 0.3) is 0 Å². The predicted molar refractivity (Wildman–Crippen MR) is 124 cm³/mol. The molecule has 0 aliphatic heterocycles. The molecule has 0 aliphatic carbocycles. The summed E-state index contributed by atoms with van der Waals surface area (Å²) in [7, 11) is -3.50. The zero-order chi connectivity index (χ0) is 23.8. The van der Waals surface area contributed by atoms with Crippen molar-refractivity contribution in [3.63, 3.8) is 0 Å². The Morgan fingerprint density at radius 2 is 1.97 bits per heavy atom. The molecule has 178 valence electrons. The van der Waals surface area contributed by atoms with E-state index in [4.69, 9.17) is 19.7 Å². The van der Waals surface area contributed by atoms with E-state index in [0.29, 0.717) is 29.3 Å². The molecule has 0 radical (unpaired) electrons. The summed E-state index contributed by atoms with van der Waals surface area (Å²) in [4.78, 5) is 23.9. The van der Waals surface area contributed by atoms with E-state index in [0.717, 1.165) is 0 Å². The zero-order valence-corrected chi connectivity index (χ0v) is 19.8. The third-order valence-corrected chi connectivity index (χ3v) is 6.44. The van der Waals surface area contributed by atoms with Gasteiger partial charge < -0.3 is 24.3 Å². The topological polar surface area (TPSA) is 143 Å². The molecule has 3 unspecified atom stereocenters. The monoisotopic (exact) mass is 476 g/mol. The van der Waals surface area contributed by atoms with Gasteiger partial charge in [0.15, 0.2) is 11.5 Å². The molecule has 2 heterocycles. The number of fused-ring (bicyclic) bond motifs is 1. The predicted octanol–water partition coefficient (Wildman–Crippen LogP) is 2.97. The van der Waals surface area contributed by atoms with E-state index in [1.54, 1.807) is 49.0 Å². The minimum atomic E-state index is -3.50. The normalized spacial score (nSPS) is 15.0. The van der Waals surface area contributed by atoms with Crippen LogP contribution in [0, 0.1) is 0 Å². The summed E-state index contributed by atoms with van der Waals surface area (Å²) in [5.41, 5.74) is 6.94. The van der Waals surface area contributed by atoms with Crippen LogP contribution in [-0.2, 0) is 25.4 Å². The summed E-state index contributed by atoms with van der Waals surface area (Å²) >= 11 is 0. The van der Waals surface area contributed by atoms with Crippen LogP contribution >= 0.6 is 7.52 Å². The van der Waals surface area contributed by atoms with Gasteiger partial charge in [0.2, 0.25) is 0 Å². The Balaban J connectivity index is 1.66. The average Bonchev–Trinajstić information content (AvgIpc) is 3.20. The van der Waals surface area contributed by atoms with Gasteiger partial charge in [-0.25, -0.2) is 20.0 Å². The molecule has 0 fully saturated rings. The second kappa shape index (κ2) is 11.2. The van der Waals surface area contributed by atoms with Crippen molar-refractivity contribution in [2.45, 2.75) is 45.9 Å². The van der Waals surface area contributed by atoms with Gasteiger partial charge in [0.1, 0.15) is 30.5 Å². The number of nitrogen functional groups attached to an aromatic ring is 1. The van der Waals surface area contributed by atoms with Crippen molar-refractivity contribution >= 4 is 30.5 Å². The van der Waals surface area contributed by atoms with Crippen LogP contribution in [0.3, 0.4) is 0 Å². The van der Waals surface area contributed by atoms with Gasteiger partial charge in [-0.3, -0.25) is 9.36 Å². The standard InChI is InChI=1S/C21H29N6O5P/c1-4-18(28)30-11-15(2)26-33(29,32-17-8-6-5-7-9-17)14-31-16(3)10-27-13-25-19-20(22)23-12-24-21(19)27/h5-9,12-13,15-16H,4,10-11,14H2,1-3H3,(H,26,29)(H2,22,23,24). The molecule has 11 nitrogen and oxygen atoms in total. The van der Waals surface area contributed by atoms with E-state index in [9.17, 15) is 9.36 Å². The Bertz CT molecular complexity index is 1110. The number of ether oxygens (including phenoxy) is 2. The Morgan fingerprint density at radius 3 is 2.70 bits per heavy atom. The molecule has 0 amide bonds. The Kier molecular flexibility index (Phi) is 8.37. The maximum absolute atomic E-state index is 13.6. The lowest BCUT2D eigenvalue weighted by atomic mass is 10.3. The number of imidazole rings is 1. The van der Waals surface area contributed by atoms with Gasteiger partial charge in [0, 0.05) is 12.5 Å². The van der Waals surface area contributed by atoms with Crippen molar-refractivity contribution in [2.24, 2.45) is 0 Å². The molecule has 0 saturated heterocycles. The van der Waals surface area contributed by atoms with E-state index in [1.807, 2.05) is 13.0 Å². The van der Waals surface area contributed by atoms with Crippen LogP contribution in [0.25, 0.3) is 11.2 Å². The minimum absolute atomic E-state index is 0.0620. The SMILES string of the molecule is CCC(=O)OCC(C)NP(=O)(COC(C)Cn1cnc2c(N)ncnc21)Oc1ccccc1. The van der Waals surface area contributed by atoms with Crippen molar-refractivity contribution in [3.8, 4) is 5.75 Å². The zero-order valence-electron chi connectivity index (χ0n) is 18.9. The average molecular weight is 476 g/mol. The molecule has 1 aromatic carbocycles. The number of nitrogens with one attached hydrogen (secondary N) is 1. The minimum Gasteiger partial charge on any atom is -0.464 e. The molecule has 12 heteroatoms. The van der Waals surface area contributed by atoms with Gasteiger partial charge in [0.05, 0.1) is 19.0 Å². The molecule has 0 spiro atoms. The van der Waals surface area contributed by atoms with E-state index < -0.39 is 13.6 Å². The van der Waals surface area contributed by atoms with Crippen LogP contribution in [0.1, 0.15) is 27.2 Å². The summed E-state index contributed by atoms with van der Waals surface area (Å²) in [6, 6.07) is 8.41. The highest BCUT2D eigenvalue weighted by Crippen LogP contribution is 2.44. The quantitative estimate of drug-likeness (QED) is 0.296. The van der Waals surface area contributed by atoms with E-state index in [1.165, 1.54) is 6.33 Å². The third-order valence-electron chi connectivity index (χ3n) is 4.61. The number of esters is 1. The second-order valence-electron chi connectivity index (χ2n) is 7.58. The molecule has 0 saturated carbocycles. The fraction of sp³-hybridized carbons (Fsp3) is 0.429. The number of nitrogens with zero attached hydrogens (tertiary/aromatic N) is 4. The lowest BCUT2D eigenvalue weighted by Gasteiger charge is -2.25. The Hall–Kier alpha value is -3.01. The van der Waals surface area contributed by atoms with E-state index in [2.05, 4.69) is 20.0 Å². The Morgan fingerprint density at radius 1 is 1.21 bits per heavy atom. The van der Waals surface area contributed by atoms with Crippen LogP contribution in [0.4, 0.5) is 5.82 Å². The van der Waals surface area contributed by atoms with Gasteiger partial charge in [-0.05, 0) is 26.0 Å². The van der Waals surface area contributed by atoms with Crippen LogP contribution in [0.15, 0.2) is 43.0 Å². The molecule has 33 heavy (non-hydrogen) atoms. The maximum Gasteiger partial charge on any atom is 0.342 e. The lowest BCUT2D eigenvalue weighted by Crippen LogP contribution is -2.32. The number of aromatic nitrogens is 4. The third kappa shape index (κ3) is 6.98. The number of rotatable bonds is 12. The number of para-hydroxylation sites is 1. The van der Waals surface area contributed by atoms with Gasteiger partial charge in [-0.2, -0.15) is 0 Å². The maximum atomic E-state index is 13.6. The van der Waals surface area contributed by atoms with Crippen LogP contribution < -0.4 is 15.3 Å². The number of anilines is 1. The summed E-state index contributed by atoms with van der Waals surface area (Å²) in [5, 5.41) is 2.95. The van der Waals surface area contributed by atoms with Gasteiger partial charge in [-0.15, -0.1) is 0 Å². The van der Waals surface area contributed by atoms with Gasteiger partial charge >= 0.3 is 13.5 Å². The first kappa shape index (κ1) is 24.6. The van der Waals surface area contributed by atoms with Crippen LogP contribution in [0.2, 0.25) is 0 Å². The summed E-state index contributed by atoms with van der Waals surface area (Å²) in [5.74, 6) is 0.412. The highest BCUT2D eigenvalue weighted by molar-refractivity contribution is 7.57. The number of benzene rings is 1. The fourth-order valence-electron chi connectivity index (χ4n) is 3.02. The molecule has 3 atom stereocenters. The first-order valence-corrected chi connectivity index (χ1v) is 12.4. The van der Waals surface area contributed by atoms with Crippen molar-refractivity contribution in [2.75, 3.05) is 18.7 Å². The Labute approximate surface area is 192 Å². The van der Waals surface area contributed by atoms with Crippen molar-refractivity contribution in [1.82, 2.24) is 24.6 Å². The summed E-state index contributed by atoms with van der Waals surface area (Å²) in [6.45, 7) is 5.78. The first-order valence-electron chi connectivity index (χ1n) is 10.6. The number of carbonyl (C=O) groups is 1. The number of nitrogens with two attached hydrogens (primary N) is 1. The largest absolute Gasteiger partial charge is 0.464 e. The second-order valence-corrected chi connectivity index (χ2v) is 9.62. The highest BCUT2D eigenvalue weighted by Gasteiger charge is 2.29. The fourth-order valence-corrected chi connectivity index (χ4v) is 4.86. The lowest BCUT2D eigenvalue weighted by molar-refractivity contribution is -0.143. The van der Waals surface area contributed by atoms with Gasteiger partial charge in [-0.1, -0.05) is 25.1 Å². The molecule has 0 bridgehead atoms. The van der Waals surface area contributed by atoms with E-state index >= 15 is 0 Å². The number of carbonyl (C=O) groups excluding carboxylic acids is 1. The number of hydrogen-bond donors (Lipinski definition) is 2. The van der Waals surface area contributed by atoms with Crippen molar-refractivity contribution < 1.29 is 23.4 Å². The highest BCUT2D eigenvalue weighted by atomic mass is 31.2. The molecule has 2 aromatic heterocycles. The van der Waals surface area contributed by atoms with E-state index in [-0.39, 0.29) is 31.4 Å².